The summed E-state index contributed by atoms with van der Waals surface area (Å²) in [5.41, 5.74) is 7.93. The SMILES string of the molecule is C[C@H](N)C(=O)NC1(N(C(=O)[C@H](C)NC(=O)OC(C)(C)C)C2N=C(c3ccccc3)c3ccccc3N(CC(=O)c3ccccc3)C2=O)N=C(c2ccccc2)c2ccccc2N(CC(=O)c2ccccc2)C1=O. The first-order valence-electron chi connectivity index (χ1n) is 23.6. The summed E-state index contributed by atoms with van der Waals surface area (Å²) in [6, 6.07) is 44.3. The van der Waals surface area contributed by atoms with Crippen LogP contribution in [0.5, 0.6) is 0 Å². The number of fused-ring (bicyclic) bond motifs is 2. The molecule has 5 amide bonds. The quantitative estimate of drug-likeness (QED) is 0.0781. The second kappa shape index (κ2) is 21.2. The van der Waals surface area contributed by atoms with E-state index < -0.39 is 84.0 Å². The molecule has 4 N–H and O–H groups in total. The van der Waals surface area contributed by atoms with Crippen LogP contribution in [0.2, 0.25) is 0 Å². The number of nitrogens with one attached hydrogen (secondary N) is 2. The average Bonchev–Trinajstić information content (AvgIpc) is 3.56. The van der Waals surface area contributed by atoms with Gasteiger partial charge in [0.15, 0.2) is 11.6 Å². The summed E-state index contributed by atoms with van der Waals surface area (Å²) in [5, 5.41) is 5.28. The number of alkyl carbamates (subject to hydrolysis) is 1. The molecule has 8 rings (SSSR count). The molecule has 16 heteroatoms. The summed E-state index contributed by atoms with van der Waals surface area (Å²) in [7, 11) is 0. The maximum absolute atomic E-state index is 16.6. The summed E-state index contributed by atoms with van der Waals surface area (Å²) in [5.74, 6) is -8.48. The molecular formula is C57H54N8O8. The second-order valence-corrected chi connectivity index (χ2v) is 18.5. The molecule has 0 aliphatic carbocycles. The molecule has 16 nitrogen and oxygen atoms in total. The lowest BCUT2D eigenvalue weighted by molar-refractivity contribution is -0.159. The van der Waals surface area contributed by atoms with E-state index in [1.54, 1.807) is 191 Å². The number of para-hydroxylation sites is 2. The number of nitrogens with zero attached hydrogens (tertiary/aromatic N) is 5. The fourth-order valence-electron chi connectivity index (χ4n) is 8.54. The Labute approximate surface area is 422 Å². The molecule has 2 heterocycles. The van der Waals surface area contributed by atoms with Gasteiger partial charge in [-0.1, -0.05) is 158 Å². The maximum atomic E-state index is 16.6. The van der Waals surface area contributed by atoms with Crippen molar-refractivity contribution in [2.75, 3.05) is 22.9 Å². The highest BCUT2D eigenvalue weighted by Gasteiger charge is 2.59. The van der Waals surface area contributed by atoms with Gasteiger partial charge in [-0.2, -0.15) is 0 Å². The van der Waals surface area contributed by atoms with Crippen LogP contribution < -0.4 is 26.2 Å². The van der Waals surface area contributed by atoms with Crippen LogP contribution in [0.1, 0.15) is 77.6 Å². The molecule has 4 atom stereocenters. The van der Waals surface area contributed by atoms with Gasteiger partial charge in [-0.3, -0.25) is 38.6 Å². The van der Waals surface area contributed by atoms with Crippen molar-refractivity contribution in [2.45, 2.75) is 64.3 Å². The van der Waals surface area contributed by atoms with Crippen molar-refractivity contribution in [3.8, 4) is 0 Å². The van der Waals surface area contributed by atoms with Crippen molar-refractivity contribution in [3.63, 3.8) is 0 Å². The highest BCUT2D eigenvalue weighted by molar-refractivity contribution is 6.24. The number of rotatable bonds is 14. The smallest absolute Gasteiger partial charge is 0.408 e. The number of benzodiazepines with no additional fused rings is 2. The maximum Gasteiger partial charge on any atom is 0.408 e. The summed E-state index contributed by atoms with van der Waals surface area (Å²) in [6.45, 7) is 6.30. The van der Waals surface area contributed by atoms with Gasteiger partial charge in [0.2, 0.25) is 12.1 Å². The van der Waals surface area contributed by atoms with Gasteiger partial charge in [-0.15, -0.1) is 0 Å². The van der Waals surface area contributed by atoms with Crippen LogP contribution in [0.4, 0.5) is 16.2 Å². The van der Waals surface area contributed by atoms with Crippen LogP contribution in [0, 0.1) is 0 Å². The van der Waals surface area contributed by atoms with E-state index in [0.29, 0.717) is 22.3 Å². The van der Waals surface area contributed by atoms with Crippen molar-refractivity contribution < 1.29 is 38.3 Å². The molecule has 0 bridgehead atoms. The van der Waals surface area contributed by atoms with E-state index in [-0.39, 0.29) is 33.9 Å². The zero-order valence-electron chi connectivity index (χ0n) is 40.9. The topological polar surface area (TPSA) is 213 Å². The van der Waals surface area contributed by atoms with Crippen molar-refractivity contribution in [2.24, 2.45) is 15.7 Å². The van der Waals surface area contributed by atoms with Crippen LogP contribution in [0.3, 0.4) is 0 Å². The Morgan fingerprint density at radius 2 is 1.08 bits per heavy atom. The second-order valence-electron chi connectivity index (χ2n) is 18.5. The number of carbonyl (C=O) groups is 7. The number of anilines is 2. The largest absolute Gasteiger partial charge is 0.444 e. The van der Waals surface area contributed by atoms with Crippen molar-refractivity contribution in [1.82, 2.24) is 15.5 Å². The van der Waals surface area contributed by atoms with Crippen LogP contribution >= 0.6 is 0 Å². The summed E-state index contributed by atoms with van der Waals surface area (Å²) in [4.78, 5) is 120. The molecule has 370 valence electrons. The van der Waals surface area contributed by atoms with E-state index in [1.165, 1.54) is 18.7 Å². The molecule has 0 saturated heterocycles. The number of aliphatic imine (C=N–C) groups is 2. The number of ketones is 2. The van der Waals surface area contributed by atoms with Crippen molar-refractivity contribution in [1.29, 1.82) is 0 Å². The van der Waals surface area contributed by atoms with E-state index in [1.807, 2.05) is 0 Å². The predicted octanol–water partition coefficient (Wildman–Crippen LogP) is 6.71. The van der Waals surface area contributed by atoms with E-state index in [0.717, 1.165) is 9.80 Å². The number of ether oxygens (including phenoxy) is 1. The van der Waals surface area contributed by atoms with Crippen LogP contribution in [-0.2, 0) is 23.9 Å². The third-order valence-electron chi connectivity index (χ3n) is 12.0. The molecule has 0 spiro atoms. The Kier molecular flexibility index (Phi) is 14.7. The van der Waals surface area contributed by atoms with Crippen LogP contribution in [0.15, 0.2) is 180 Å². The van der Waals surface area contributed by atoms with Gasteiger partial charge in [-0.05, 0) is 46.8 Å². The third kappa shape index (κ3) is 10.7. The number of carbonyl (C=O) groups excluding carboxylic acids is 7. The zero-order valence-corrected chi connectivity index (χ0v) is 40.9. The number of hydrogen-bond acceptors (Lipinski definition) is 11. The van der Waals surface area contributed by atoms with Crippen LogP contribution in [-0.4, -0.2) is 100 Å². The molecule has 0 fully saturated rings. The third-order valence-corrected chi connectivity index (χ3v) is 12.0. The zero-order chi connectivity index (χ0) is 52.0. The van der Waals surface area contributed by atoms with Crippen molar-refractivity contribution in [3.05, 3.63) is 203 Å². The Hall–Kier alpha value is -8.89. The number of Topliss-reactive ketones (excluding diaryl/α,β-unsaturated/α-hetero) is 2. The van der Waals surface area contributed by atoms with Gasteiger partial charge in [-0.25, -0.2) is 14.8 Å². The summed E-state index contributed by atoms with van der Waals surface area (Å²) in [6.07, 6.45) is -3.24. The van der Waals surface area contributed by atoms with Gasteiger partial charge >= 0.3 is 6.09 Å². The molecule has 6 aromatic carbocycles. The van der Waals surface area contributed by atoms with Crippen LogP contribution in [0.25, 0.3) is 0 Å². The molecular weight excluding hydrogens is 925 g/mol. The van der Waals surface area contributed by atoms with Gasteiger partial charge in [0, 0.05) is 33.4 Å². The predicted molar refractivity (Wildman–Crippen MR) is 277 cm³/mol. The highest BCUT2D eigenvalue weighted by atomic mass is 16.6. The highest BCUT2D eigenvalue weighted by Crippen LogP contribution is 2.38. The Bertz CT molecular complexity index is 3140. The minimum Gasteiger partial charge on any atom is -0.444 e. The summed E-state index contributed by atoms with van der Waals surface area (Å²) < 4.78 is 5.59. The van der Waals surface area contributed by atoms with Crippen molar-refractivity contribution >= 4 is 64.1 Å². The Balaban J connectivity index is 1.48. The molecule has 0 saturated carbocycles. The lowest BCUT2D eigenvalue weighted by atomic mass is 10.00. The van der Waals surface area contributed by atoms with E-state index >= 15 is 14.4 Å². The molecule has 6 aromatic rings. The number of amides is 5. The molecule has 73 heavy (non-hydrogen) atoms. The fourth-order valence-corrected chi connectivity index (χ4v) is 8.54. The first-order valence-corrected chi connectivity index (χ1v) is 23.6. The number of benzene rings is 6. The Morgan fingerprint density at radius 3 is 1.59 bits per heavy atom. The van der Waals surface area contributed by atoms with E-state index in [4.69, 9.17) is 20.5 Å². The molecule has 2 aliphatic heterocycles. The van der Waals surface area contributed by atoms with E-state index in [9.17, 15) is 19.2 Å². The van der Waals surface area contributed by atoms with Gasteiger partial charge in [0.25, 0.3) is 23.5 Å². The van der Waals surface area contributed by atoms with E-state index in [2.05, 4.69) is 10.6 Å². The summed E-state index contributed by atoms with van der Waals surface area (Å²) >= 11 is 0. The number of nitrogens with two attached hydrogens (primary N) is 1. The first-order chi connectivity index (χ1) is 35.0. The van der Waals surface area contributed by atoms with Gasteiger partial charge in [0.05, 0.1) is 41.9 Å². The first kappa shape index (κ1) is 50.5. The normalized spacial score (nSPS) is 17.3. The molecule has 2 unspecified atom stereocenters. The molecule has 0 aromatic heterocycles. The average molecular weight is 979 g/mol. The molecule has 2 aliphatic rings. The van der Waals surface area contributed by atoms with Gasteiger partial charge < -0.3 is 26.0 Å². The minimum atomic E-state index is -3.09. The Morgan fingerprint density at radius 1 is 0.644 bits per heavy atom. The number of hydrogen-bond donors (Lipinski definition) is 3. The molecule has 0 radical (unpaired) electrons. The lowest BCUT2D eigenvalue weighted by Crippen LogP contribution is -2.75. The standard InChI is InChI=1S/C57H54N8O8/c1-36(58)51(68)62-57(54(71)64(35-47(67)39-24-12-7-13-25-39)45-33-21-19-31-43(45)49(61-57)41-28-16-9-17-29-41)65(52(69)37(2)59-55(72)73-56(3,4)5)50-53(70)63(34-46(66)38-22-10-6-11-23-38)44-32-20-18-30-42(44)48(60-50)40-26-14-8-15-27-40/h6-33,36-37,50H,34-35,58H2,1-5H3,(H,59,72)(H,62,68)/t36-,37-,50?,57?/m0/s1. The monoisotopic (exact) mass is 978 g/mol. The lowest BCUT2D eigenvalue weighted by Gasteiger charge is -2.45. The fraction of sp³-hybridized carbons (Fsp3) is 0.211. The van der Waals surface area contributed by atoms with Gasteiger partial charge in [0.1, 0.15) is 11.6 Å². The minimum absolute atomic E-state index is 0.0440.